The molecule has 3 aliphatic heterocycles. The molecule has 3 atom stereocenters. The summed E-state index contributed by atoms with van der Waals surface area (Å²) in [5, 5.41) is 18.6. The van der Waals surface area contributed by atoms with Gasteiger partial charge in [-0.1, -0.05) is 126 Å². The molecule has 3 fully saturated rings. The molecule has 3 saturated heterocycles. The van der Waals surface area contributed by atoms with Crippen LogP contribution in [0.4, 0.5) is 0 Å². The smallest absolute Gasteiger partial charge is 0.258 e. The predicted molar refractivity (Wildman–Crippen MR) is 361 cm³/mol. The molecule has 3 heterocycles. The third kappa shape index (κ3) is 23.6. The van der Waals surface area contributed by atoms with Gasteiger partial charge in [0.15, 0.2) is 19.8 Å². The van der Waals surface area contributed by atoms with Gasteiger partial charge in [-0.2, -0.15) is 5.26 Å². The van der Waals surface area contributed by atoms with Crippen molar-refractivity contribution >= 4 is 89.7 Å². The lowest BCUT2D eigenvalue weighted by molar-refractivity contribution is -0.124. The highest BCUT2D eigenvalue weighted by Gasteiger charge is 2.28. The molecule has 3 unspecified atom stereocenters. The zero-order valence-corrected chi connectivity index (χ0v) is 55.9. The van der Waals surface area contributed by atoms with Gasteiger partial charge in [-0.05, 0) is 206 Å². The van der Waals surface area contributed by atoms with E-state index in [4.69, 9.17) is 54.3 Å². The number of hydrogen-bond donors (Lipinski definition) is 3. The lowest BCUT2D eigenvalue weighted by Gasteiger charge is -2.29. The summed E-state index contributed by atoms with van der Waals surface area (Å²) in [6.07, 6.45) is 7.11. The SMILES string of the molecule is CC#N.Cc1cccc(OCC(=O)NCC(c2ccccc2Cl)N2CCCC2)c1C.Cc1cccc(OCC(=O)NCC(c2ccccc2Cl)N2CCCC2)c1C.Cc1cccc(OCC(=O)NCC(c2ccccc2Cl)N2CCCC2)c1C.Cl.Cl.Cl. The maximum Gasteiger partial charge on any atom is 0.258 e. The van der Waals surface area contributed by atoms with Crippen LogP contribution in [0.25, 0.3) is 0 Å². The van der Waals surface area contributed by atoms with Crippen LogP contribution >= 0.6 is 72.0 Å². The molecule has 19 heteroatoms. The van der Waals surface area contributed by atoms with Gasteiger partial charge < -0.3 is 30.2 Å². The second-order valence-corrected chi connectivity index (χ2v) is 22.7. The summed E-state index contributed by atoms with van der Waals surface area (Å²) < 4.78 is 17.1. The Hall–Kier alpha value is -5.76. The molecule has 9 rings (SSSR count). The number of aryl methyl sites for hydroxylation is 3. The van der Waals surface area contributed by atoms with Crippen LogP contribution in [0.5, 0.6) is 17.2 Å². The monoisotopic (exact) mass is 1310 g/mol. The van der Waals surface area contributed by atoms with Gasteiger partial charge in [0.2, 0.25) is 0 Å². The molecular weight excluding hydrogens is 1220 g/mol. The predicted octanol–water partition coefficient (Wildman–Crippen LogP) is 14.7. The average molecular weight is 1310 g/mol. The molecule has 13 nitrogen and oxygen atoms in total. The van der Waals surface area contributed by atoms with Gasteiger partial charge >= 0.3 is 0 Å². The van der Waals surface area contributed by atoms with E-state index in [0.717, 1.165) is 122 Å². The van der Waals surface area contributed by atoms with Crippen LogP contribution < -0.4 is 30.2 Å². The number of nitriles is 1. The van der Waals surface area contributed by atoms with Crippen molar-refractivity contribution in [1.82, 2.24) is 30.7 Å². The highest BCUT2D eigenvalue weighted by molar-refractivity contribution is 6.32. The Morgan fingerprint density at radius 3 is 0.885 bits per heavy atom. The number of nitrogens with one attached hydrogen (secondary N) is 3. The number of halogens is 6. The Morgan fingerprint density at radius 1 is 0.425 bits per heavy atom. The minimum atomic E-state index is -0.118. The van der Waals surface area contributed by atoms with Crippen LogP contribution in [-0.4, -0.2) is 111 Å². The Labute approximate surface area is 550 Å². The van der Waals surface area contributed by atoms with Crippen molar-refractivity contribution in [1.29, 1.82) is 5.26 Å². The molecule has 0 spiro atoms. The average Bonchev–Trinajstić information content (AvgIpc) is 4.55. The van der Waals surface area contributed by atoms with Crippen molar-refractivity contribution < 1.29 is 28.6 Å². The standard InChI is InChI=1S/3C22H27ClN2O2.C2H3N.3ClH/c3*1-16-8-7-11-21(17(16)2)27-15-22(26)24-14-20(25-12-5-6-13-25)18-9-3-4-10-19(18)23;1-2-3;;;/h3*3-4,7-11,20H,5-6,12-15H2,1-2H3,(H,24,26);1H3;3*1H. The first-order valence-corrected chi connectivity index (χ1v) is 30.4. The fourth-order valence-corrected chi connectivity index (χ4v) is 11.3. The maximum absolute atomic E-state index is 12.4. The Bertz CT molecular complexity index is 2800. The second-order valence-electron chi connectivity index (χ2n) is 21.4. The van der Waals surface area contributed by atoms with Gasteiger partial charge in [0, 0.05) is 41.6 Å². The van der Waals surface area contributed by atoms with Gasteiger partial charge in [0.05, 0.1) is 24.2 Å². The minimum Gasteiger partial charge on any atom is -0.483 e. The third-order valence-corrected chi connectivity index (χ3v) is 16.8. The number of benzene rings is 6. The van der Waals surface area contributed by atoms with E-state index >= 15 is 0 Å². The topological polar surface area (TPSA) is 148 Å². The molecule has 6 aromatic carbocycles. The molecule has 3 aliphatic rings. The van der Waals surface area contributed by atoms with Crippen LogP contribution in [0.1, 0.15) is 114 Å². The summed E-state index contributed by atoms with van der Waals surface area (Å²) in [6.45, 7) is 21.4. The molecule has 0 aromatic heterocycles. The van der Waals surface area contributed by atoms with E-state index in [1.807, 2.05) is 169 Å². The largest absolute Gasteiger partial charge is 0.483 e. The highest BCUT2D eigenvalue weighted by atomic mass is 35.5. The first kappa shape index (κ1) is 75.5. The number of hydrogen-bond acceptors (Lipinski definition) is 10. The number of nitrogens with zero attached hydrogens (tertiary/aromatic N) is 4. The molecule has 0 bridgehead atoms. The number of rotatable bonds is 21. The summed E-state index contributed by atoms with van der Waals surface area (Å²) in [5.74, 6) is 1.92. The van der Waals surface area contributed by atoms with Crippen LogP contribution in [0.3, 0.4) is 0 Å². The number of likely N-dealkylation sites (tertiary alicyclic amines) is 3. The lowest BCUT2D eigenvalue weighted by atomic mass is 10.1. The van der Waals surface area contributed by atoms with E-state index < -0.39 is 0 Å². The van der Waals surface area contributed by atoms with Gasteiger partial charge in [-0.25, -0.2) is 0 Å². The van der Waals surface area contributed by atoms with Gasteiger partial charge in [0.1, 0.15) is 17.2 Å². The van der Waals surface area contributed by atoms with Crippen LogP contribution in [-0.2, 0) is 14.4 Å². The molecule has 3 N–H and O–H groups in total. The zero-order valence-electron chi connectivity index (χ0n) is 51.2. The molecule has 0 radical (unpaired) electrons. The molecule has 3 amide bonds. The lowest BCUT2D eigenvalue weighted by Crippen LogP contribution is -2.38. The van der Waals surface area contributed by atoms with Crippen LogP contribution in [0, 0.1) is 52.9 Å². The summed E-state index contributed by atoms with van der Waals surface area (Å²) >= 11 is 19.3. The molecule has 0 saturated carbocycles. The van der Waals surface area contributed by atoms with Crippen molar-refractivity contribution in [3.63, 3.8) is 0 Å². The summed E-state index contributed by atoms with van der Waals surface area (Å²) in [6, 6.07) is 43.3. The molecule has 0 aliphatic carbocycles. The van der Waals surface area contributed by atoms with Crippen molar-refractivity contribution in [2.24, 2.45) is 0 Å². The van der Waals surface area contributed by atoms with Crippen molar-refractivity contribution in [2.75, 3.05) is 78.7 Å². The third-order valence-electron chi connectivity index (χ3n) is 15.8. The zero-order chi connectivity index (χ0) is 60.4. The van der Waals surface area contributed by atoms with Gasteiger partial charge in [0.25, 0.3) is 17.7 Å². The van der Waals surface area contributed by atoms with E-state index in [2.05, 4.69) is 30.7 Å². The summed E-state index contributed by atoms with van der Waals surface area (Å²) in [7, 11) is 0. The fourth-order valence-electron chi connectivity index (χ4n) is 10.6. The van der Waals surface area contributed by atoms with Crippen LogP contribution in [0.15, 0.2) is 127 Å². The van der Waals surface area contributed by atoms with Gasteiger partial charge in [-0.15, -0.1) is 37.2 Å². The first-order valence-electron chi connectivity index (χ1n) is 29.2. The second kappa shape index (κ2) is 40.0. The van der Waals surface area contributed by atoms with Crippen molar-refractivity contribution in [3.8, 4) is 23.3 Å². The summed E-state index contributed by atoms with van der Waals surface area (Å²) in [4.78, 5) is 44.3. The highest BCUT2D eigenvalue weighted by Crippen LogP contribution is 2.33. The van der Waals surface area contributed by atoms with E-state index in [0.29, 0.717) is 19.6 Å². The molecule has 472 valence electrons. The van der Waals surface area contributed by atoms with E-state index in [1.165, 1.54) is 45.4 Å². The molecule has 87 heavy (non-hydrogen) atoms. The quantitative estimate of drug-likeness (QED) is 0.0636. The van der Waals surface area contributed by atoms with Gasteiger partial charge in [-0.3, -0.25) is 29.1 Å². The molecular formula is C68H87Cl6N7O6. The van der Waals surface area contributed by atoms with E-state index in [9.17, 15) is 14.4 Å². The number of amides is 3. The van der Waals surface area contributed by atoms with E-state index in [1.54, 1.807) is 6.07 Å². The fraction of sp³-hybridized carbons (Fsp3) is 0.412. The van der Waals surface area contributed by atoms with Crippen LogP contribution in [0.2, 0.25) is 15.1 Å². The van der Waals surface area contributed by atoms with Crippen molar-refractivity contribution in [2.45, 2.75) is 105 Å². The van der Waals surface area contributed by atoms with Crippen molar-refractivity contribution in [3.05, 3.63) is 193 Å². The Kier molecular flexibility index (Phi) is 34.7. The number of ether oxygens (including phenoxy) is 3. The number of carbonyl (C=O) groups excluding carboxylic acids is 3. The Balaban J connectivity index is 0.000000328. The first-order chi connectivity index (χ1) is 40.6. The normalized spacial score (nSPS) is 14.5. The maximum atomic E-state index is 12.4. The van der Waals surface area contributed by atoms with E-state index in [-0.39, 0.29) is 92.9 Å². The number of carbonyl (C=O) groups is 3. The Morgan fingerprint density at radius 2 is 0.655 bits per heavy atom. The minimum absolute atomic E-state index is 0. The summed E-state index contributed by atoms with van der Waals surface area (Å²) in [5.41, 5.74) is 9.86. The molecule has 6 aromatic rings.